The Morgan fingerprint density at radius 3 is 2.33 bits per heavy atom. The second-order valence-electron chi connectivity index (χ2n) is 7.81. The lowest BCUT2D eigenvalue weighted by Crippen LogP contribution is -2.30. The van der Waals surface area contributed by atoms with Crippen LogP contribution >= 0.6 is 34.8 Å². The van der Waals surface area contributed by atoms with E-state index in [2.05, 4.69) is 5.32 Å². The zero-order valence-electron chi connectivity index (χ0n) is 19.0. The van der Waals surface area contributed by atoms with E-state index in [0.29, 0.717) is 39.3 Å². The Hall–Kier alpha value is -3.26. The highest BCUT2D eigenvalue weighted by Crippen LogP contribution is 2.38. The number of urea groups is 1. The molecule has 1 aliphatic heterocycles. The standard InChI is InChI=1S/C26H20Cl3FN2O4/c1-2-35-23-12-17(10-21(29)24(23)36-14-16-5-8-19(27)20(28)9-16)11-22-25(33)32(26(34)31-22)13-15-3-6-18(30)7-4-15/h3-12H,2,13-14H2,1H3,(H,31,34)/b22-11+. The summed E-state index contributed by atoms with van der Waals surface area (Å²) in [6, 6.07) is 13.4. The lowest BCUT2D eigenvalue weighted by atomic mass is 10.1. The van der Waals surface area contributed by atoms with E-state index >= 15 is 0 Å². The number of ether oxygens (including phenoxy) is 2. The number of carbonyl (C=O) groups is 2. The maximum absolute atomic E-state index is 13.2. The van der Waals surface area contributed by atoms with Crippen molar-refractivity contribution in [1.29, 1.82) is 0 Å². The van der Waals surface area contributed by atoms with Gasteiger partial charge in [0.1, 0.15) is 18.1 Å². The molecule has 186 valence electrons. The zero-order valence-corrected chi connectivity index (χ0v) is 21.3. The number of halogens is 4. The van der Waals surface area contributed by atoms with E-state index in [9.17, 15) is 14.0 Å². The molecule has 0 radical (unpaired) electrons. The molecule has 0 saturated carbocycles. The Kier molecular flexibility index (Phi) is 8.04. The van der Waals surface area contributed by atoms with Crippen LogP contribution in [0.5, 0.6) is 11.5 Å². The topological polar surface area (TPSA) is 67.9 Å². The molecule has 36 heavy (non-hydrogen) atoms. The SMILES string of the molecule is CCOc1cc(/C=C2/NC(=O)N(Cc3ccc(F)cc3)C2=O)cc(Cl)c1OCc1ccc(Cl)c(Cl)c1. The summed E-state index contributed by atoms with van der Waals surface area (Å²) in [4.78, 5) is 26.3. The fraction of sp³-hybridized carbons (Fsp3) is 0.154. The molecule has 6 nitrogen and oxygen atoms in total. The van der Waals surface area contributed by atoms with Gasteiger partial charge >= 0.3 is 6.03 Å². The van der Waals surface area contributed by atoms with Crippen LogP contribution < -0.4 is 14.8 Å². The van der Waals surface area contributed by atoms with Crippen molar-refractivity contribution < 1.29 is 23.5 Å². The third-order valence-electron chi connectivity index (χ3n) is 5.23. The van der Waals surface area contributed by atoms with Crippen LogP contribution in [0.4, 0.5) is 9.18 Å². The minimum Gasteiger partial charge on any atom is -0.490 e. The van der Waals surface area contributed by atoms with Crippen molar-refractivity contribution >= 4 is 52.8 Å². The molecule has 3 aromatic carbocycles. The Labute approximate surface area is 222 Å². The first kappa shape index (κ1) is 25.8. The number of carbonyl (C=O) groups excluding carboxylic acids is 2. The lowest BCUT2D eigenvalue weighted by Gasteiger charge is -2.15. The van der Waals surface area contributed by atoms with Crippen molar-refractivity contribution in [2.45, 2.75) is 20.1 Å². The number of hydrogen-bond donors (Lipinski definition) is 1. The zero-order chi connectivity index (χ0) is 25.8. The highest BCUT2D eigenvalue weighted by atomic mass is 35.5. The minimum absolute atomic E-state index is 0.00866. The highest BCUT2D eigenvalue weighted by molar-refractivity contribution is 6.42. The molecule has 0 unspecified atom stereocenters. The Morgan fingerprint density at radius 1 is 0.917 bits per heavy atom. The van der Waals surface area contributed by atoms with Gasteiger partial charge in [-0.2, -0.15) is 0 Å². The lowest BCUT2D eigenvalue weighted by molar-refractivity contribution is -0.123. The van der Waals surface area contributed by atoms with Crippen LogP contribution in [0.25, 0.3) is 6.08 Å². The number of amides is 3. The summed E-state index contributed by atoms with van der Waals surface area (Å²) >= 11 is 18.5. The largest absolute Gasteiger partial charge is 0.490 e. The van der Waals surface area contributed by atoms with Crippen molar-refractivity contribution in [3.63, 3.8) is 0 Å². The molecule has 1 fully saturated rings. The van der Waals surface area contributed by atoms with Gasteiger partial charge in [-0.1, -0.05) is 53.0 Å². The first-order valence-corrected chi connectivity index (χ1v) is 12.0. The third kappa shape index (κ3) is 5.93. The molecule has 4 rings (SSSR count). The summed E-state index contributed by atoms with van der Waals surface area (Å²) in [5, 5.41) is 3.67. The van der Waals surface area contributed by atoms with Crippen molar-refractivity contribution in [2.24, 2.45) is 0 Å². The van der Waals surface area contributed by atoms with Crippen LogP contribution in [0.1, 0.15) is 23.6 Å². The Bertz CT molecular complexity index is 1350. The van der Waals surface area contributed by atoms with Crippen LogP contribution in [0.3, 0.4) is 0 Å². The first-order valence-electron chi connectivity index (χ1n) is 10.9. The summed E-state index contributed by atoms with van der Waals surface area (Å²) in [6.45, 7) is 2.34. The number of hydrogen-bond acceptors (Lipinski definition) is 4. The molecular formula is C26H20Cl3FN2O4. The second-order valence-corrected chi connectivity index (χ2v) is 9.03. The fourth-order valence-electron chi connectivity index (χ4n) is 3.51. The van der Waals surface area contributed by atoms with Gasteiger partial charge in [0.15, 0.2) is 11.5 Å². The number of nitrogens with one attached hydrogen (secondary N) is 1. The average molecular weight is 550 g/mol. The van der Waals surface area contributed by atoms with Gasteiger partial charge in [0.2, 0.25) is 0 Å². The molecule has 3 aromatic rings. The van der Waals surface area contributed by atoms with Crippen LogP contribution in [0, 0.1) is 5.82 Å². The van der Waals surface area contributed by atoms with Crippen LogP contribution in [0.15, 0.2) is 60.3 Å². The summed E-state index contributed by atoms with van der Waals surface area (Å²) < 4.78 is 24.8. The van der Waals surface area contributed by atoms with Gasteiger partial charge in [-0.25, -0.2) is 9.18 Å². The number of benzene rings is 3. The Balaban J connectivity index is 1.54. The Morgan fingerprint density at radius 2 is 1.64 bits per heavy atom. The molecule has 1 saturated heterocycles. The van der Waals surface area contributed by atoms with Gasteiger partial charge in [-0.05, 0) is 66.1 Å². The summed E-state index contributed by atoms with van der Waals surface area (Å²) in [5.41, 5.74) is 2.00. The van der Waals surface area contributed by atoms with Crippen molar-refractivity contribution in [3.8, 4) is 11.5 Å². The van der Waals surface area contributed by atoms with E-state index in [1.807, 2.05) is 6.92 Å². The van der Waals surface area contributed by atoms with Crippen LogP contribution in [-0.2, 0) is 17.9 Å². The molecular weight excluding hydrogens is 530 g/mol. The van der Waals surface area contributed by atoms with E-state index in [1.54, 1.807) is 30.3 Å². The molecule has 1 heterocycles. The molecule has 0 bridgehead atoms. The van der Waals surface area contributed by atoms with Gasteiger partial charge in [-0.15, -0.1) is 0 Å². The molecule has 1 N–H and O–H groups in total. The maximum Gasteiger partial charge on any atom is 0.329 e. The molecule has 0 atom stereocenters. The van der Waals surface area contributed by atoms with Crippen molar-refractivity contribution in [3.05, 3.63) is 97.9 Å². The predicted octanol–water partition coefficient (Wildman–Crippen LogP) is 6.86. The number of nitrogens with zero attached hydrogens (tertiary/aromatic N) is 1. The van der Waals surface area contributed by atoms with Gasteiger partial charge in [0, 0.05) is 0 Å². The molecule has 0 aliphatic carbocycles. The van der Waals surface area contributed by atoms with Gasteiger partial charge in [0.25, 0.3) is 5.91 Å². The third-order valence-corrected chi connectivity index (χ3v) is 6.25. The predicted molar refractivity (Wildman–Crippen MR) is 137 cm³/mol. The number of rotatable bonds is 8. The van der Waals surface area contributed by atoms with E-state index in [-0.39, 0.29) is 23.9 Å². The fourth-order valence-corrected chi connectivity index (χ4v) is 4.11. The first-order chi connectivity index (χ1) is 17.2. The van der Waals surface area contributed by atoms with Crippen molar-refractivity contribution in [1.82, 2.24) is 10.2 Å². The van der Waals surface area contributed by atoms with E-state index < -0.39 is 17.8 Å². The molecule has 0 aromatic heterocycles. The maximum atomic E-state index is 13.2. The van der Waals surface area contributed by atoms with E-state index in [4.69, 9.17) is 44.3 Å². The van der Waals surface area contributed by atoms with Gasteiger partial charge < -0.3 is 14.8 Å². The molecule has 10 heteroatoms. The van der Waals surface area contributed by atoms with Crippen molar-refractivity contribution in [2.75, 3.05) is 6.61 Å². The monoisotopic (exact) mass is 548 g/mol. The highest BCUT2D eigenvalue weighted by Gasteiger charge is 2.33. The second kappa shape index (κ2) is 11.2. The van der Waals surface area contributed by atoms with Gasteiger partial charge in [-0.3, -0.25) is 9.69 Å². The summed E-state index contributed by atoms with van der Waals surface area (Å²) in [5.74, 6) is -0.218. The molecule has 1 aliphatic rings. The van der Waals surface area contributed by atoms with Crippen LogP contribution in [0.2, 0.25) is 15.1 Å². The molecule has 3 amide bonds. The summed E-state index contributed by atoms with van der Waals surface area (Å²) in [6.07, 6.45) is 1.50. The summed E-state index contributed by atoms with van der Waals surface area (Å²) in [7, 11) is 0. The van der Waals surface area contributed by atoms with E-state index in [0.717, 1.165) is 10.5 Å². The average Bonchev–Trinajstić information content (AvgIpc) is 3.09. The van der Waals surface area contributed by atoms with E-state index in [1.165, 1.54) is 30.3 Å². The van der Waals surface area contributed by atoms with Gasteiger partial charge in [0.05, 0.1) is 28.2 Å². The van der Waals surface area contributed by atoms with Crippen LogP contribution in [-0.4, -0.2) is 23.4 Å². The minimum atomic E-state index is -0.576. The quantitative estimate of drug-likeness (QED) is 0.246. The number of imide groups is 1. The normalized spacial score (nSPS) is 14.4. The smallest absolute Gasteiger partial charge is 0.329 e. The molecule has 0 spiro atoms.